The minimum absolute atomic E-state index is 0.184. The van der Waals surface area contributed by atoms with Crippen LogP contribution in [0.1, 0.15) is 63.2 Å². The summed E-state index contributed by atoms with van der Waals surface area (Å²) in [6.07, 6.45) is 5.73. The van der Waals surface area contributed by atoms with Crippen molar-refractivity contribution in [2.24, 2.45) is 5.92 Å². The van der Waals surface area contributed by atoms with Crippen LogP contribution in [-0.2, 0) is 0 Å². The Kier molecular flexibility index (Phi) is 5.16. The maximum atomic E-state index is 12.3. The Bertz CT molecular complexity index is 505. The van der Waals surface area contributed by atoms with Gasteiger partial charge in [-0.25, -0.2) is 0 Å². The van der Waals surface area contributed by atoms with Crippen molar-refractivity contribution in [1.82, 2.24) is 0 Å². The van der Waals surface area contributed by atoms with Gasteiger partial charge >= 0.3 is 0 Å². The van der Waals surface area contributed by atoms with E-state index in [-0.39, 0.29) is 10.8 Å². The lowest BCUT2D eigenvalue weighted by atomic mass is 9.97. The van der Waals surface area contributed by atoms with Crippen molar-refractivity contribution in [3.05, 3.63) is 29.8 Å². The van der Waals surface area contributed by atoms with Crippen LogP contribution in [0.15, 0.2) is 24.3 Å². The molecule has 1 aromatic rings. The van der Waals surface area contributed by atoms with Crippen molar-refractivity contribution in [2.45, 2.75) is 71.0 Å². The fourth-order valence-corrected chi connectivity index (χ4v) is 3.78. The molecule has 0 atom stereocenters. The molecule has 0 radical (unpaired) electrons. The second-order valence-electron chi connectivity index (χ2n) is 8.16. The molecule has 22 heavy (non-hydrogen) atoms. The molecule has 0 unspecified atom stereocenters. The van der Waals surface area contributed by atoms with Crippen LogP contribution in [0.5, 0.6) is 5.75 Å². The summed E-state index contributed by atoms with van der Waals surface area (Å²) >= 11 is 0. The molecule has 0 amide bonds. The first-order valence-electron chi connectivity index (χ1n) is 8.51. The van der Waals surface area contributed by atoms with Crippen LogP contribution in [0, 0.1) is 5.92 Å². The van der Waals surface area contributed by atoms with E-state index in [1.54, 1.807) is 0 Å². The fraction of sp³-hybridized carbons (Fsp3) is 0.632. The normalized spacial score (nSPS) is 16.8. The van der Waals surface area contributed by atoms with Crippen molar-refractivity contribution < 1.29 is 9.22 Å². The van der Waals surface area contributed by atoms with Crippen LogP contribution in [0.3, 0.4) is 0 Å². The zero-order valence-electron chi connectivity index (χ0n) is 14.7. The van der Waals surface area contributed by atoms with E-state index in [9.17, 15) is 4.79 Å². The Morgan fingerprint density at radius 3 is 2.18 bits per heavy atom. The summed E-state index contributed by atoms with van der Waals surface area (Å²) in [5.74, 6) is 1.78. The van der Waals surface area contributed by atoms with E-state index in [0.29, 0.717) is 12.3 Å². The summed E-state index contributed by atoms with van der Waals surface area (Å²) < 4.78 is 6.26. The molecule has 0 heterocycles. The molecule has 1 aromatic carbocycles. The average Bonchev–Trinajstić information content (AvgIpc) is 2.90. The highest BCUT2D eigenvalue weighted by molar-refractivity contribution is 6.74. The van der Waals surface area contributed by atoms with E-state index in [2.05, 4.69) is 33.9 Å². The van der Waals surface area contributed by atoms with E-state index in [4.69, 9.17) is 4.43 Å². The molecule has 2 rings (SSSR count). The molecule has 1 fully saturated rings. The Balaban J connectivity index is 1.99. The first-order chi connectivity index (χ1) is 10.2. The molecule has 0 aromatic heterocycles. The van der Waals surface area contributed by atoms with Gasteiger partial charge in [0.1, 0.15) is 5.75 Å². The number of Topliss-reactive ketones (excluding diaryl/α,β-unsaturated/α-hetero) is 1. The lowest BCUT2D eigenvalue weighted by Crippen LogP contribution is -2.43. The summed E-state index contributed by atoms with van der Waals surface area (Å²) in [6.45, 7) is 11.2. The molecule has 1 aliphatic carbocycles. The molecule has 0 aliphatic heterocycles. The van der Waals surface area contributed by atoms with Crippen molar-refractivity contribution in [3.8, 4) is 5.75 Å². The third-order valence-electron chi connectivity index (χ3n) is 5.30. The molecule has 0 spiro atoms. The van der Waals surface area contributed by atoms with Gasteiger partial charge in [-0.05, 0) is 48.3 Å². The van der Waals surface area contributed by atoms with Crippen molar-refractivity contribution >= 4 is 14.1 Å². The first kappa shape index (κ1) is 17.3. The lowest BCUT2D eigenvalue weighted by Gasteiger charge is -2.36. The number of rotatable bonds is 5. The maximum Gasteiger partial charge on any atom is 0.250 e. The third-order valence-corrected chi connectivity index (χ3v) is 9.66. The van der Waals surface area contributed by atoms with E-state index < -0.39 is 8.32 Å². The molecule has 0 bridgehead atoms. The van der Waals surface area contributed by atoms with Crippen LogP contribution < -0.4 is 4.43 Å². The minimum Gasteiger partial charge on any atom is -0.544 e. The van der Waals surface area contributed by atoms with Crippen molar-refractivity contribution in [3.63, 3.8) is 0 Å². The predicted molar refractivity (Wildman–Crippen MR) is 95.2 cm³/mol. The quantitative estimate of drug-likeness (QED) is 0.504. The SMILES string of the molecule is CC(C)(C)[Si](C)(C)Oc1ccc(C(=O)CC2CCCC2)cc1. The zero-order valence-corrected chi connectivity index (χ0v) is 15.7. The molecule has 0 N–H and O–H groups in total. The Labute approximate surface area is 136 Å². The smallest absolute Gasteiger partial charge is 0.250 e. The number of carbonyl (C=O) groups is 1. The van der Waals surface area contributed by atoms with Gasteiger partial charge in [-0.1, -0.05) is 46.5 Å². The molecular formula is C19H30O2Si. The van der Waals surface area contributed by atoms with Gasteiger partial charge in [0, 0.05) is 12.0 Å². The summed E-state index contributed by atoms with van der Waals surface area (Å²) in [6, 6.07) is 7.78. The van der Waals surface area contributed by atoms with E-state index in [1.165, 1.54) is 25.7 Å². The minimum atomic E-state index is -1.80. The highest BCUT2D eigenvalue weighted by Gasteiger charge is 2.38. The number of carbonyl (C=O) groups excluding carboxylic acids is 1. The zero-order chi connectivity index (χ0) is 16.4. The van der Waals surface area contributed by atoms with Crippen LogP contribution >= 0.6 is 0 Å². The van der Waals surface area contributed by atoms with Crippen molar-refractivity contribution in [1.29, 1.82) is 0 Å². The highest BCUT2D eigenvalue weighted by Crippen LogP contribution is 2.37. The topological polar surface area (TPSA) is 26.3 Å². The van der Waals surface area contributed by atoms with Crippen LogP contribution in [0.4, 0.5) is 0 Å². The second kappa shape index (κ2) is 6.57. The fourth-order valence-electron chi connectivity index (χ4n) is 2.75. The second-order valence-corrected chi connectivity index (χ2v) is 12.9. The van der Waals surface area contributed by atoms with Gasteiger partial charge in [-0.2, -0.15) is 0 Å². The molecule has 1 aliphatic rings. The largest absolute Gasteiger partial charge is 0.544 e. The summed E-state index contributed by atoms with van der Waals surface area (Å²) in [5, 5.41) is 0.184. The first-order valence-corrected chi connectivity index (χ1v) is 11.4. The number of hydrogen-bond acceptors (Lipinski definition) is 2. The third kappa shape index (κ3) is 4.22. The van der Waals surface area contributed by atoms with Crippen molar-refractivity contribution in [2.75, 3.05) is 0 Å². The van der Waals surface area contributed by atoms with E-state index in [1.807, 2.05) is 24.3 Å². The molecule has 0 saturated heterocycles. The Morgan fingerprint density at radius 2 is 1.68 bits per heavy atom. The Hall–Kier alpha value is -1.09. The predicted octanol–water partition coefficient (Wildman–Crippen LogP) is 5.83. The van der Waals surface area contributed by atoms with Gasteiger partial charge in [0.25, 0.3) is 0 Å². The summed E-state index contributed by atoms with van der Waals surface area (Å²) in [4.78, 5) is 12.3. The number of ketones is 1. The summed E-state index contributed by atoms with van der Waals surface area (Å²) in [7, 11) is -1.80. The van der Waals surface area contributed by atoms with Gasteiger partial charge in [-0.15, -0.1) is 0 Å². The lowest BCUT2D eigenvalue weighted by molar-refractivity contribution is 0.0962. The monoisotopic (exact) mass is 318 g/mol. The molecule has 122 valence electrons. The molecule has 1 saturated carbocycles. The standard InChI is InChI=1S/C19H30O2Si/c1-19(2,3)22(4,5)21-17-12-10-16(11-13-17)18(20)14-15-8-6-7-9-15/h10-13,15H,6-9,14H2,1-5H3. The number of benzene rings is 1. The van der Waals surface area contributed by atoms with Crippen LogP contribution in [-0.4, -0.2) is 14.1 Å². The maximum absolute atomic E-state index is 12.3. The van der Waals surface area contributed by atoms with Gasteiger partial charge in [-0.3, -0.25) is 4.79 Å². The molecule has 2 nitrogen and oxygen atoms in total. The molecular weight excluding hydrogens is 288 g/mol. The highest BCUT2D eigenvalue weighted by atomic mass is 28.4. The Morgan fingerprint density at radius 1 is 1.14 bits per heavy atom. The van der Waals surface area contributed by atoms with Gasteiger partial charge < -0.3 is 4.43 Å². The van der Waals surface area contributed by atoms with Crippen LogP contribution in [0.25, 0.3) is 0 Å². The van der Waals surface area contributed by atoms with E-state index in [0.717, 1.165) is 11.3 Å². The van der Waals surface area contributed by atoms with Gasteiger partial charge in [0.15, 0.2) is 5.78 Å². The van der Waals surface area contributed by atoms with E-state index >= 15 is 0 Å². The van der Waals surface area contributed by atoms with Gasteiger partial charge in [0.2, 0.25) is 8.32 Å². The molecule has 3 heteroatoms. The van der Waals surface area contributed by atoms with Crippen LogP contribution in [0.2, 0.25) is 18.1 Å². The number of hydrogen-bond donors (Lipinski definition) is 0. The summed E-state index contributed by atoms with van der Waals surface area (Å²) in [5.41, 5.74) is 0.828. The van der Waals surface area contributed by atoms with Gasteiger partial charge in [0.05, 0.1) is 0 Å². The average molecular weight is 319 g/mol.